The number of nitrogens with zero attached hydrogens (tertiary/aromatic N) is 4. The number of aliphatic hydroxyl groups is 4. The van der Waals surface area contributed by atoms with E-state index < -0.39 is 90.7 Å². The lowest BCUT2D eigenvalue weighted by atomic mass is 9.87. The van der Waals surface area contributed by atoms with E-state index in [2.05, 4.69) is 53.5 Å². The van der Waals surface area contributed by atoms with Crippen molar-refractivity contribution in [2.45, 2.75) is 160 Å². The number of anilines is 1. The topological polar surface area (TPSA) is 404 Å². The Morgan fingerprint density at radius 3 is 2.27 bits per heavy atom. The number of ether oxygens (including phenoxy) is 1. The molecule has 71 heavy (non-hydrogen) atoms. The number of nitrogens with one attached hydrogen (secondary N) is 2. The highest BCUT2D eigenvalue weighted by molar-refractivity contribution is 8.13. The molecule has 12 N–H and O–H groups in total. The van der Waals surface area contributed by atoms with Crippen LogP contribution in [-0.4, -0.2) is 145 Å². The van der Waals surface area contributed by atoms with E-state index in [-0.39, 0.29) is 59.9 Å². The molecular weight excluding hydrogens is 1020 g/mol. The summed E-state index contributed by atoms with van der Waals surface area (Å²) < 4.78 is 62.4. The number of nitrogen functional groups attached to an aromatic ring is 1. The zero-order valence-electron chi connectivity index (χ0n) is 40.2. The van der Waals surface area contributed by atoms with Gasteiger partial charge in [-0.3, -0.25) is 32.5 Å². The maximum Gasteiger partial charge on any atom is 0.481 e. The van der Waals surface area contributed by atoms with E-state index in [1.54, 1.807) is 0 Å². The van der Waals surface area contributed by atoms with Crippen molar-refractivity contribution in [1.29, 1.82) is 0 Å². The van der Waals surface area contributed by atoms with Gasteiger partial charge in [0.2, 0.25) is 11.8 Å². The lowest BCUT2D eigenvalue weighted by Crippen LogP contribution is -2.46. The molecule has 406 valence electrons. The number of aromatic nitrogens is 4. The smallest absolute Gasteiger partial charge is 0.393 e. The number of hydrogen-bond acceptors (Lipinski definition) is 20. The number of imidazole rings is 1. The summed E-state index contributed by atoms with van der Waals surface area (Å²) >= 11 is 0.980. The molecule has 0 radical (unpaired) electrons. The van der Waals surface area contributed by atoms with Crippen molar-refractivity contribution in [3.05, 3.63) is 24.8 Å². The van der Waals surface area contributed by atoms with Crippen molar-refractivity contribution in [3.8, 4) is 0 Å². The lowest BCUT2D eigenvalue weighted by Gasteiger charge is -2.30. The number of fused-ring (bicyclic) bond motifs is 1. The molecule has 0 saturated carbocycles. The van der Waals surface area contributed by atoms with Gasteiger partial charge >= 0.3 is 23.5 Å². The second-order valence-electron chi connectivity index (χ2n) is 17.7. The second-order valence-corrected chi connectivity index (χ2v) is 23.1. The molecule has 1 saturated heterocycles. The monoisotopic (exact) mass is 1090 g/mol. The van der Waals surface area contributed by atoms with E-state index in [1.807, 2.05) is 0 Å². The summed E-state index contributed by atoms with van der Waals surface area (Å²) in [6.45, 7) is 2.52. The predicted octanol–water partition coefficient (Wildman–Crippen LogP) is 3.42. The van der Waals surface area contributed by atoms with Gasteiger partial charge in [0.1, 0.15) is 36.3 Å². The molecule has 2 amide bonds. The number of thioether (sulfide) groups is 1. The molecule has 30 heteroatoms. The van der Waals surface area contributed by atoms with Gasteiger partial charge in [0.15, 0.2) is 22.8 Å². The first kappa shape index (κ1) is 62.5. The Labute approximate surface area is 416 Å². The van der Waals surface area contributed by atoms with E-state index in [0.717, 1.165) is 80.4 Å². The molecule has 2 unspecified atom stereocenters. The maximum atomic E-state index is 12.8. The van der Waals surface area contributed by atoms with Gasteiger partial charge in [-0.1, -0.05) is 96.1 Å². The van der Waals surface area contributed by atoms with Crippen LogP contribution in [0.15, 0.2) is 24.8 Å². The van der Waals surface area contributed by atoms with Crippen LogP contribution in [0.4, 0.5) is 5.82 Å². The van der Waals surface area contributed by atoms with Gasteiger partial charge < -0.3 is 61.1 Å². The largest absolute Gasteiger partial charge is 0.481 e. The Kier molecular flexibility index (Phi) is 26.9. The van der Waals surface area contributed by atoms with E-state index in [1.165, 1.54) is 33.1 Å². The van der Waals surface area contributed by atoms with Crippen LogP contribution in [0.1, 0.15) is 123 Å². The van der Waals surface area contributed by atoms with Crippen LogP contribution in [0.25, 0.3) is 11.2 Å². The average Bonchev–Trinajstić information content (AvgIpc) is 3.85. The number of amides is 2. The number of carbonyl (C=O) groups is 3. The van der Waals surface area contributed by atoms with E-state index in [4.69, 9.17) is 19.5 Å². The molecule has 1 aliphatic rings. The minimum Gasteiger partial charge on any atom is -0.393 e. The van der Waals surface area contributed by atoms with Crippen molar-refractivity contribution >= 4 is 69.1 Å². The van der Waals surface area contributed by atoms with Crippen molar-refractivity contribution in [1.82, 2.24) is 30.2 Å². The van der Waals surface area contributed by atoms with Crippen LogP contribution in [0.3, 0.4) is 0 Å². The van der Waals surface area contributed by atoms with Gasteiger partial charge in [0.25, 0.3) is 0 Å². The van der Waals surface area contributed by atoms with Gasteiger partial charge in [-0.15, -0.1) is 0 Å². The molecule has 2 aromatic rings. The number of hydrogen-bond donors (Lipinski definition) is 11. The van der Waals surface area contributed by atoms with Gasteiger partial charge in [-0.2, -0.15) is 4.31 Å². The molecule has 0 spiro atoms. The maximum absolute atomic E-state index is 12.8. The molecule has 0 aromatic carbocycles. The predicted molar refractivity (Wildman–Crippen MR) is 259 cm³/mol. The number of phosphoric acid groups is 3. The summed E-state index contributed by atoms with van der Waals surface area (Å²) in [5.41, 5.74) is 4.24. The van der Waals surface area contributed by atoms with Crippen LogP contribution in [-0.2, 0) is 50.7 Å². The standard InChI is InChI=1S/C41H72N7O19P3S/c1-4-5-6-13-16-28(49)17-14-11-9-7-8-10-12-15-18-29(50)23-32(52)71-22-21-43-31(51)19-20-44-39(55)36(54)41(2,3)25-64-70(61,62)67-69(59,60)63-24-30-35(66-68(56,57)58)34(53)40(65-30)48-27-47-33-37(42)45-26-46-38(33)48/h11,14,26-30,34-36,40,49-50,53-54H,4-10,12-13,15-25H2,1-3H3,(H,43,51)(H,44,55)(H,59,60)(H,61,62)(H2,42,45,46)(H2,56,57,58)/b14-11-/t28-,29-,30-,34-,35-,36+,40-/m1/s1. The van der Waals surface area contributed by atoms with E-state index in [0.29, 0.717) is 12.8 Å². The lowest BCUT2D eigenvalue weighted by molar-refractivity contribution is -0.137. The van der Waals surface area contributed by atoms with E-state index in [9.17, 15) is 68.1 Å². The number of nitrogens with two attached hydrogens (primary N) is 1. The molecule has 2 aromatic heterocycles. The molecule has 26 nitrogen and oxygen atoms in total. The van der Waals surface area contributed by atoms with Gasteiger partial charge in [-0.25, -0.2) is 28.6 Å². The van der Waals surface area contributed by atoms with E-state index >= 15 is 0 Å². The van der Waals surface area contributed by atoms with Crippen LogP contribution in [0, 0.1) is 5.41 Å². The summed E-state index contributed by atoms with van der Waals surface area (Å²) in [4.78, 5) is 88.5. The highest BCUT2D eigenvalue weighted by atomic mass is 32.2. The summed E-state index contributed by atoms with van der Waals surface area (Å²) in [6, 6.07) is 0. The molecule has 0 bridgehead atoms. The number of carbonyl (C=O) groups excluding carboxylic acids is 3. The molecule has 1 aliphatic heterocycles. The molecular formula is C41H72N7O19P3S. The third kappa shape index (κ3) is 23.5. The third-order valence-corrected chi connectivity index (χ3v) is 15.0. The first-order valence-electron chi connectivity index (χ1n) is 23.4. The average molecular weight is 1090 g/mol. The molecule has 3 rings (SSSR count). The summed E-state index contributed by atoms with van der Waals surface area (Å²) in [6.07, 6.45) is 8.75. The summed E-state index contributed by atoms with van der Waals surface area (Å²) in [5.74, 6) is -1.26. The Balaban J connectivity index is 1.29. The first-order chi connectivity index (χ1) is 33.3. The van der Waals surface area contributed by atoms with Crippen molar-refractivity contribution in [3.63, 3.8) is 0 Å². The Hall–Kier alpha value is -2.78. The Morgan fingerprint density at radius 2 is 1.56 bits per heavy atom. The van der Waals surface area contributed by atoms with Gasteiger partial charge in [-0.05, 0) is 32.1 Å². The van der Waals surface area contributed by atoms with Gasteiger partial charge in [0, 0.05) is 37.1 Å². The highest BCUT2D eigenvalue weighted by Crippen LogP contribution is 2.61. The number of phosphoric ester groups is 3. The quantitative estimate of drug-likeness (QED) is 0.0264. The van der Waals surface area contributed by atoms with Crippen molar-refractivity contribution < 1.29 is 90.7 Å². The SMILES string of the molecule is CCCCCC[C@@H](O)C/C=C\CCCCCCC[C@@H](O)CC(=O)SCCNC(=O)CCNC(=O)[C@H](O)C(C)(C)COP(=O)(O)OP(=O)(O)OC[C@H]1O[C@@H](n2cnc3c(N)ncnc32)[C@H](O)[C@@H]1OP(=O)(O)O. The minimum absolute atomic E-state index is 0.00422. The number of rotatable bonds is 36. The summed E-state index contributed by atoms with van der Waals surface area (Å²) in [5, 5.41) is 46.6. The highest BCUT2D eigenvalue weighted by Gasteiger charge is 2.50. The van der Waals surface area contributed by atoms with Crippen LogP contribution < -0.4 is 16.4 Å². The van der Waals surface area contributed by atoms with Crippen LogP contribution in [0.2, 0.25) is 0 Å². The molecule has 1 fully saturated rings. The Morgan fingerprint density at radius 1 is 0.901 bits per heavy atom. The number of unbranched alkanes of at least 4 members (excludes halogenated alkanes) is 8. The molecule has 9 atom stereocenters. The zero-order chi connectivity index (χ0) is 52.8. The minimum atomic E-state index is -5.59. The number of aliphatic hydroxyl groups excluding tert-OH is 4. The van der Waals surface area contributed by atoms with Crippen LogP contribution >= 0.6 is 35.2 Å². The fourth-order valence-electron chi connectivity index (χ4n) is 7.12. The first-order valence-corrected chi connectivity index (χ1v) is 28.9. The normalized spacial score (nSPS) is 20.7. The van der Waals surface area contributed by atoms with Crippen LogP contribution in [0.5, 0.6) is 0 Å². The second kappa shape index (κ2) is 30.6. The fraction of sp³-hybridized carbons (Fsp3) is 0.756. The molecule has 0 aliphatic carbocycles. The third-order valence-electron chi connectivity index (χ3n) is 11.0. The molecule has 3 heterocycles. The van der Waals surface area contributed by atoms with Crippen molar-refractivity contribution in [2.75, 3.05) is 37.8 Å². The van der Waals surface area contributed by atoms with Gasteiger partial charge in [0.05, 0.1) is 31.7 Å². The number of allylic oxidation sites excluding steroid dienone is 1. The van der Waals surface area contributed by atoms with Crippen molar-refractivity contribution in [2.24, 2.45) is 5.41 Å². The Bertz CT molecular complexity index is 2150. The fourth-order valence-corrected chi connectivity index (χ4v) is 10.7. The summed E-state index contributed by atoms with van der Waals surface area (Å²) in [7, 11) is -16.5. The zero-order valence-corrected chi connectivity index (χ0v) is 43.7.